The van der Waals surface area contributed by atoms with Crippen molar-refractivity contribution in [2.75, 3.05) is 7.11 Å². The topological polar surface area (TPSA) is 95.2 Å². The van der Waals surface area contributed by atoms with Crippen molar-refractivity contribution >= 4 is 11.9 Å². The Morgan fingerprint density at radius 1 is 1.09 bits per heavy atom. The van der Waals surface area contributed by atoms with E-state index in [2.05, 4.69) is 13.8 Å². The third kappa shape index (κ3) is 3.39. The SMILES string of the molecule is CO[C@@]1(C)[C@H](O)CC[C@@H]2[C@@]3(C)[C@H](OC(=O)c4ccccc4)[C@@H](c4ccoc4)OC(=O)[C@@H]3CC[C@]21C. The molecule has 2 saturated carbocycles. The Morgan fingerprint density at radius 3 is 2.49 bits per heavy atom. The first kappa shape index (κ1) is 24.1. The van der Waals surface area contributed by atoms with Crippen molar-refractivity contribution in [3.8, 4) is 0 Å². The van der Waals surface area contributed by atoms with Gasteiger partial charge in [0.15, 0.2) is 6.10 Å². The summed E-state index contributed by atoms with van der Waals surface area (Å²) in [5, 5.41) is 11.0. The number of benzene rings is 1. The number of aliphatic hydroxyl groups is 1. The van der Waals surface area contributed by atoms with E-state index in [1.54, 1.807) is 37.4 Å². The molecule has 1 saturated heterocycles. The van der Waals surface area contributed by atoms with Crippen LogP contribution in [0.3, 0.4) is 0 Å². The summed E-state index contributed by atoms with van der Waals surface area (Å²) < 4.78 is 23.6. The van der Waals surface area contributed by atoms with E-state index in [0.29, 0.717) is 36.8 Å². The van der Waals surface area contributed by atoms with E-state index in [9.17, 15) is 14.7 Å². The number of esters is 2. The summed E-state index contributed by atoms with van der Waals surface area (Å²) in [6, 6.07) is 10.6. The molecule has 0 spiro atoms. The minimum Gasteiger partial charge on any atom is -0.472 e. The van der Waals surface area contributed by atoms with Crippen molar-refractivity contribution in [3.05, 3.63) is 60.1 Å². The highest BCUT2D eigenvalue weighted by Crippen LogP contribution is 2.67. The molecule has 0 unspecified atom stereocenters. The van der Waals surface area contributed by atoms with Crippen LogP contribution in [-0.2, 0) is 19.0 Å². The summed E-state index contributed by atoms with van der Waals surface area (Å²) in [4.78, 5) is 26.8. The zero-order chi connectivity index (χ0) is 25.0. The number of hydrogen-bond donors (Lipinski definition) is 1. The zero-order valence-corrected chi connectivity index (χ0v) is 20.7. The lowest BCUT2D eigenvalue weighted by Gasteiger charge is -2.66. The largest absolute Gasteiger partial charge is 0.472 e. The van der Waals surface area contributed by atoms with Crippen molar-refractivity contribution in [2.45, 2.75) is 70.4 Å². The Labute approximate surface area is 205 Å². The molecule has 3 fully saturated rings. The maximum Gasteiger partial charge on any atom is 0.338 e. The van der Waals surface area contributed by atoms with Gasteiger partial charge in [-0.25, -0.2) is 4.79 Å². The number of rotatable bonds is 4. The van der Waals surface area contributed by atoms with Gasteiger partial charge in [0, 0.05) is 23.5 Å². The van der Waals surface area contributed by atoms with Crippen molar-refractivity contribution in [1.29, 1.82) is 0 Å². The number of furan rings is 1. The molecule has 2 aliphatic carbocycles. The van der Waals surface area contributed by atoms with Crippen LogP contribution in [0.25, 0.3) is 0 Å². The second-order valence-corrected chi connectivity index (χ2v) is 10.9. The molecule has 1 N–H and O–H groups in total. The molecule has 1 aromatic heterocycles. The number of hydrogen-bond acceptors (Lipinski definition) is 7. The fourth-order valence-electron chi connectivity index (χ4n) is 7.42. The van der Waals surface area contributed by atoms with E-state index >= 15 is 0 Å². The number of cyclic esters (lactones) is 1. The Bertz CT molecular complexity index is 1080. The lowest BCUT2D eigenvalue weighted by Crippen LogP contribution is -2.70. The lowest BCUT2D eigenvalue weighted by molar-refractivity contribution is -0.281. The fourth-order valence-corrected chi connectivity index (χ4v) is 7.42. The summed E-state index contributed by atoms with van der Waals surface area (Å²) >= 11 is 0. The van der Waals surface area contributed by atoms with Crippen LogP contribution >= 0.6 is 0 Å². The van der Waals surface area contributed by atoms with Gasteiger partial charge in [0.1, 0.15) is 6.10 Å². The second-order valence-electron chi connectivity index (χ2n) is 10.9. The highest BCUT2D eigenvalue weighted by atomic mass is 16.6. The standard InChI is InChI=1S/C28H34O7/c1-26-14-12-19-25(31)34-22(18-13-15-33-16-18)23(35-24(30)17-8-6-5-7-9-17)27(19,2)20(26)10-11-21(29)28(26,3)32-4/h5-9,13,15-16,19-23,29H,10-12,14H2,1-4H3/t19-,20-,21+,22+,23+,26+,27-,28-/m0/s1. The van der Waals surface area contributed by atoms with Crippen LogP contribution in [0.4, 0.5) is 0 Å². The van der Waals surface area contributed by atoms with Gasteiger partial charge in [-0.3, -0.25) is 4.79 Å². The van der Waals surface area contributed by atoms with Gasteiger partial charge in [0.05, 0.1) is 35.7 Å². The first-order valence-corrected chi connectivity index (χ1v) is 12.4. The predicted molar refractivity (Wildman–Crippen MR) is 126 cm³/mol. The predicted octanol–water partition coefficient (Wildman–Crippen LogP) is 4.70. The summed E-state index contributed by atoms with van der Waals surface area (Å²) in [6.07, 6.45) is 3.39. The zero-order valence-electron chi connectivity index (χ0n) is 20.7. The molecule has 1 aliphatic heterocycles. The van der Waals surface area contributed by atoms with Gasteiger partial charge in [-0.2, -0.15) is 0 Å². The monoisotopic (exact) mass is 482 g/mol. The summed E-state index contributed by atoms with van der Waals surface area (Å²) in [6.45, 7) is 6.17. The maximum atomic E-state index is 13.4. The van der Waals surface area contributed by atoms with Gasteiger partial charge in [-0.15, -0.1) is 0 Å². The van der Waals surface area contributed by atoms with Crippen LogP contribution in [0.15, 0.2) is 53.3 Å². The van der Waals surface area contributed by atoms with Gasteiger partial charge in [-0.05, 0) is 56.7 Å². The normalized spacial score (nSPS) is 40.8. The first-order chi connectivity index (χ1) is 16.7. The average Bonchev–Trinajstić information content (AvgIpc) is 3.39. The number of methoxy groups -OCH3 is 1. The lowest BCUT2D eigenvalue weighted by atomic mass is 9.41. The Morgan fingerprint density at radius 2 is 1.83 bits per heavy atom. The van der Waals surface area contributed by atoms with Crippen LogP contribution in [0, 0.1) is 22.7 Å². The molecule has 2 aromatic rings. The van der Waals surface area contributed by atoms with Gasteiger partial charge < -0.3 is 23.7 Å². The Kier molecular flexibility index (Phi) is 5.84. The summed E-state index contributed by atoms with van der Waals surface area (Å²) in [5.74, 6) is -1.23. The molecule has 0 amide bonds. The number of ether oxygens (including phenoxy) is 3. The van der Waals surface area contributed by atoms with Crippen molar-refractivity contribution in [1.82, 2.24) is 0 Å². The van der Waals surface area contributed by atoms with Crippen molar-refractivity contribution < 1.29 is 33.3 Å². The smallest absolute Gasteiger partial charge is 0.338 e. The molecule has 1 aromatic carbocycles. The second kappa shape index (κ2) is 8.49. The first-order valence-electron chi connectivity index (χ1n) is 12.4. The molecule has 5 rings (SSSR count). The molecule has 0 bridgehead atoms. The third-order valence-electron chi connectivity index (χ3n) is 9.68. The summed E-state index contributed by atoms with van der Waals surface area (Å²) in [5.41, 5.74) is -0.893. The molecule has 0 radical (unpaired) electrons. The fraction of sp³-hybridized carbons (Fsp3) is 0.571. The average molecular weight is 483 g/mol. The van der Waals surface area contributed by atoms with Crippen LogP contribution in [0.5, 0.6) is 0 Å². The molecule has 7 heteroatoms. The Balaban J connectivity index is 1.63. The molecule has 8 atom stereocenters. The van der Waals surface area contributed by atoms with E-state index in [1.807, 2.05) is 13.0 Å². The number of fused-ring (bicyclic) bond motifs is 3. The highest BCUT2D eigenvalue weighted by Gasteiger charge is 2.70. The van der Waals surface area contributed by atoms with Crippen LogP contribution < -0.4 is 0 Å². The number of aliphatic hydroxyl groups excluding tert-OH is 1. The van der Waals surface area contributed by atoms with E-state index in [4.69, 9.17) is 18.6 Å². The number of carbonyl (C=O) groups is 2. The van der Waals surface area contributed by atoms with Gasteiger partial charge >= 0.3 is 11.9 Å². The molecular weight excluding hydrogens is 448 g/mol. The van der Waals surface area contributed by atoms with Crippen LogP contribution in [0.1, 0.15) is 68.5 Å². The molecule has 7 nitrogen and oxygen atoms in total. The molecule has 35 heavy (non-hydrogen) atoms. The summed E-state index contributed by atoms with van der Waals surface area (Å²) in [7, 11) is 1.64. The van der Waals surface area contributed by atoms with E-state index in [0.717, 1.165) is 0 Å². The van der Waals surface area contributed by atoms with Gasteiger partial charge in [0.25, 0.3) is 0 Å². The third-order valence-corrected chi connectivity index (χ3v) is 9.68. The van der Waals surface area contributed by atoms with E-state index in [1.165, 1.54) is 12.5 Å². The number of carbonyl (C=O) groups excluding carboxylic acids is 2. The van der Waals surface area contributed by atoms with Crippen LogP contribution in [0.2, 0.25) is 0 Å². The molecule has 188 valence electrons. The molecule has 2 heterocycles. The van der Waals surface area contributed by atoms with Gasteiger partial charge in [0.2, 0.25) is 0 Å². The van der Waals surface area contributed by atoms with E-state index < -0.39 is 46.6 Å². The van der Waals surface area contributed by atoms with Crippen molar-refractivity contribution in [3.63, 3.8) is 0 Å². The quantitative estimate of drug-likeness (QED) is 0.631. The molecule has 3 aliphatic rings. The highest BCUT2D eigenvalue weighted by molar-refractivity contribution is 5.89. The Hall–Kier alpha value is -2.64. The minimum absolute atomic E-state index is 0.0575. The maximum absolute atomic E-state index is 13.4. The van der Waals surface area contributed by atoms with Gasteiger partial charge in [-0.1, -0.05) is 32.0 Å². The molecular formula is C28H34O7. The van der Waals surface area contributed by atoms with Crippen LogP contribution in [-0.4, -0.2) is 42.0 Å². The van der Waals surface area contributed by atoms with E-state index in [-0.39, 0.29) is 11.9 Å². The van der Waals surface area contributed by atoms with Crippen molar-refractivity contribution in [2.24, 2.45) is 22.7 Å². The minimum atomic E-state index is -0.801.